The Kier molecular flexibility index (Phi) is 4.41. The molecule has 1 saturated carbocycles. The zero-order valence-corrected chi connectivity index (χ0v) is 14.0. The van der Waals surface area contributed by atoms with Crippen LogP contribution >= 0.6 is 23.1 Å². The fourth-order valence-corrected chi connectivity index (χ4v) is 5.39. The predicted octanol–water partition coefficient (Wildman–Crippen LogP) is 4.84. The normalized spacial score (nSPS) is 25.2. The molecule has 3 rings (SSSR count). The molecule has 1 atom stereocenters. The van der Waals surface area contributed by atoms with Gasteiger partial charge < -0.3 is 5.32 Å². The smallest absolute Gasteiger partial charge is 0.157 e. The molecule has 1 N–H and O–H groups in total. The maximum absolute atomic E-state index is 5.05. The van der Waals surface area contributed by atoms with Crippen molar-refractivity contribution in [3.05, 3.63) is 22.4 Å². The van der Waals surface area contributed by atoms with E-state index in [9.17, 15) is 0 Å². The topological polar surface area (TPSA) is 24.4 Å². The third-order valence-corrected chi connectivity index (χ3v) is 6.51. The van der Waals surface area contributed by atoms with Gasteiger partial charge in [-0.25, -0.2) is 0 Å². The molecule has 2 aliphatic rings. The average Bonchev–Trinajstić information content (AvgIpc) is 3.07. The molecule has 2 heterocycles. The maximum Gasteiger partial charge on any atom is 0.157 e. The molecule has 1 aromatic heterocycles. The van der Waals surface area contributed by atoms with Crippen LogP contribution in [0.15, 0.2) is 22.5 Å². The Bertz CT molecular complexity index is 459. The van der Waals surface area contributed by atoms with Gasteiger partial charge in [0.25, 0.3) is 0 Å². The highest BCUT2D eigenvalue weighted by Crippen LogP contribution is 2.38. The van der Waals surface area contributed by atoms with Gasteiger partial charge >= 0.3 is 0 Å². The van der Waals surface area contributed by atoms with Crippen molar-refractivity contribution in [1.29, 1.82) is 0 Å². The van der Waals surface area contributed by atoms with Gasteiger partial charge in [-0.05, 0) is 30.2 Å². The summed E-state index contributed by atoms with van der Waals surface area (Å²) in [5, 5.41) is 7.11. The summed E-state index contributed by atoms with van der Waals surface area (Å²) < 4.78 is 0. The molecule has 0 radical (unpaired) electrons. The molecule has 1 spiro atoms. The Morgan fingerprint density at radius 1 is 1.25 bits per heavy atom. The van der Waals surface area contributed by atoms with Crippen molar-refractivity contribution in [2.24, 2.45) is 10.9 Å². The number of hydrogen-bond donors (Lipinski definition) is 1. The number of thioether (sulfide) groups is 1. The molecular formula is C16H24N2S2. The van der Waals surface area contributed by atoms with Crippen LogP contribution in [0.2, 0.25) is 0 Å². The molecule has 4 heteroatoms. The molecule has 1 aromatic rings. The van der Waals surface area contributed by atoms with Crippen LogP contribution in [0.5, 0.6) is 0 Å². The Morgan fingerprint density at radius 3 is 2.70 bits per heavy atom. The molecular weight excluding hydrogens is 284 g/mol. The lowest BCUT2D eigenvalue weighted by Crippen LogP contribution is -2.45. The first-order valence-electron chi connectivity index (χ1n) is 7.71. The van der Waals surface area contributed by atoms with E-state index in [0.29, 0.717) is 17.5 Å². The lowest BCUT2D eigenvalue weighted by Gasteiger charge is -2.32. The van der Waals surface area contributed by atoms with Crippen LogP contribution in [-0.4, -0.2) is 16.5 Å². The Hall–Kier alpha value is -0.480. The molecule has 1 unspecified atom stereocenters. The Labute approximate surface area is 130 Å². The van der Waals surface area contributed by atoms with Gasteiger partial charge in [0, 0.05) is 16.2 Å². The van der Waals surface area contributed by atoms with Crippen LogP contribution in [0.25, 0.3) is 0 Å². The van der Waals surface area contributed by atoms with Crippen LogP contribution in [0, 0.1) is 5.92 Å². The highest BCUT2D eigenvalue weighted by atomic mass is 32.2. The Morgan fingerprint density at radius 2 is 2.05 bits per heavy atom. The van der Waals surface area contributed by atoms with E-state index >= 15 is 0 Å². The van der Waals surface area contributed by atoms with E-state index in [1.807, 2.05) is 23.1 Å². The molecule has 1 aliphatic heterocycles. The zero-order chi connectivity index (χ0) is 14.0. The van der Waals surface area contributed by atoms with E-state index in [1.165, 1.54) is 47.9 Å². The Balaban J connectivity index is 1.74. The van der Waals surface area contributed by atoms with Crippen molar-refractivity contribution < 1.29 is 0 Å². The largest absolute Gasteiger partial charge is 0.359 e. The number of hydrogen-bond acceptors (Lipinski definition) is 3. The van der Waals surface area contributed by atoms with Crippen LogP contribution in [0.4, 0.5) is 0 Å². The second-order valence-electron chi connectivity index (χ2n) is 6.39. The third kappa shape index (κ3) is 3.06. The van der Waals surface area contributed by atoms with Gasteiger partial charge in [-0.3, -0.25) is 4.99 Å². The van der Waals surface area contributed by atoms with E-state index in [0.717, 1.165) is 0 Å². The number of rotatable bonds is 3. The summed E-state index contributed by atoms with van der Waals surface area (Å²) in [6.07, 6.45) is 6.80. The highest BCUT2D eigenvalue weighted by Gasteiger charge is 2.38. The van der Waals surface area contributed by atoms with Crippen molar-refractivity contribution in [2.45, 2.75) is 57.5 Å². The highest BCUT2D eigenvalue weighted by molar-refractivity contribution is 8.14. The van der Waals surface area contributed by atoms with E-state index < -0.39 is 0 Å². The second kappa shape index (κ2) is 6.10. The van der Waals surface area contributed by atoms with Crippen LogP contribution in [0.3, 0.4) is 0 Å². The molecule has 0 bridgehead atoms. The minimum Gasteiger partial charge on any atom is -0.359 e. The monoisotopic (exact) mass is 308 g/mol. The van der Waals surface area contributed by atoms with Crippen molar-refractivity contribution in [2.75, 3.05) is 5.75 Å². The fourth-order valence-electron chi connectivity index (χ4n) is 3.20. The van der Waals surface area contributed by atoms with Gasteiger partial charge in [0.15, 0.2) is 5.17 Å². The third-order valence-electron chi connectivity index (χ3n) is 4.39. The molecule has 2 nitrogen and oxygen atoms in total. The van der Waals surface area contributed by atoms with Gasteiger partial charge in [-0.1, -0.05) is 50.9 Å². The lowest BCUT2D eigenvalue weighted by molar-refractivity contribution is 0.303. The van der Waals surface area contributed by atoms with Crippen molar-refractivity contribution in [3.8, 4) is 0 Å². The summed E-state index contributed by atoms with van der Waals surface area (Å²) in [6, 6.07) is 4.66. The van der Waals surface area contributed by atoms with Crippen molar-refractivity contribution >= 4 is 28.3 Å². The van der Waals surface area contributed by atoms with Gasteiger partial charge in [-0.2, -0.15) is 0 Å². The number of nitrogens with one attached hydrogen (secondary N) is 1. The minimum absolute atomic E-state index is 0.309. The molecule has 0 amide bonds. The maximum atomic E-state index is 5.05. The summed E-state index contributed by atoms with van der Waals surface area (Å²) in [7, 11) is 0. The quantitative estimate of drug-likeness (QED) is 0.864. The van der Waals surface area contributed by atoms with E-state index in [-0.39, 0.29) is 0 Å². The van der Waals surface area contributed by atoms with Crippen LogP contribution in [-0.2, 0) is 0 Å². The first-order chi connectivity index (χ1) is 9.69. The molecule has 110 valence electrons. The molecule has 1 saturated heterocycles. The molecule has 20 heavy (non-hydrogen) atoms. The summed E-state index contributed by atoms with van der Waals surface area (Å²) >= 11 is 3.76. The van der Waals surface area contributed by atoms with Crippen LogP contribution in [0.1, 0.15) is 56.9 Å². The van der Waals surface area contributed by atoms with Gasteiger partial charge in [0.2, 0.25) is 0 Å². The standard InChI is InChI=1S/C16H24N2S2/c1-12(2)14(13-7-6-10-19-13)17-15-18-16(11-20-15)8-4-3-5-9-16/h6-7,10,12,14H,3-5,8-9,11H2,1-2H3,(H,17,18). The molecule has 1 aliphatic carbocycles. The predicted molar refractivity (Wildman–Crippen MR) is 90.7 cm³/mol. The second-order valence-corrected chi connectivity index (χ2v) is 8.34. The lowest BCUT2D eigenvalue weighted by atomic mass is 9.83. The summed E-state index contributed by atoms with van der Waals surface area (Å²) in [5.74, 6) is 1.76. The van der Waals surface area contributed by atoms with E-state index in [4.69, 9.17) is 4.99 Å². The number of amidine groups is 1. The van der Waals surface area contributed by atoms with E-state index in [2.05, 4.69) is 36.7 Å². The van der Waals surface area contributed by atoms with Gasteiger partial charge in [0.05, 0.1) is 6.04 Å². The van der Waals surface area contributed by atoms with Crippen molar-refractivity contribution in [1.82, 2.24) is 5.32 Å². The number of aliphatic imine (C=N–C) groups is 1. The summed E-state index contributed by atoms with van der Waals surface area (Å²) in [6.45, 7) is 4.54. The number of nitrogens with zero attached hydrogens (tertiary/aromatic N) is 1. The summed E-state index contributed by atoms with van der Waals surface area (Å²) in [5.41, 5.74) is 0.360. The van der Waals surface area contributed by atoms with Gasteiger partial charge in [-0.15, -0.1) is 11.3 Å². The fraction of sp³-hybridized carbons (Fsp3) is 0.688. The first kappa shape index (κ1) is 14.5. The van der Waals surface area contributed by atoms with Crippen LogP contribution < -0.4 is 5.32 Å². The minimum atomic E-state index is 0.309. The molecule has 2 fully saturated rings. The number of thiophene rings is 1. The zero-order valence-electron chi connectivity index (χ0n) is 12.4. The average molecular weight is 309 g/mol. The van der Waals surface area contributed by atoms with Crippen molar-refractivity contribution in [3.63, 3.8) is 0 Å². The first-order valence-corrected chi connectivity index (χ1v) is 9.57. The van der Waals surface area contributed by atoms with Gasteiger partial charge in [0.1, 0.15) is 0 Å². The van der Waals surface area contributed by atoms with E-state index in [1.54, 1.807) is 0 Å². The SMILES string of the molecule is CC(C)C(N=C1NC2(CCCCC2)CS1)c1cccs1. The summed E-state index contributed by atoms with van der Waals surface area (Å²) in [4.78, 5) is 6.43. The molecule has 0 aromatic carbocycles.